The van der Waals surface area contributed by atoms with E-state index in [1.54, 1.807) is 0 Å². The summed E-state index contributed by atoms with van der Waals surface area (Å²) < 4.78 is 77.1. The van der Waals surface area contributed by atoms with Gasteiger partial charge in [0.15, 0.2) is 0 Å². The zero-order chi connectivity index (χ0) is 15.2. The van der Waals surface area contributed by atoms with Gasteiger partial charge in [0.05, 0.1) is 0 Å². The van der Waals surface area contributed by atoms with Gasteiger partial charge in [0.2, 0.25) is 0 Å². The molecule has 0 radical (unpaired) electrons. The largest absolute Gasteiger partial charge is 0.426 e. The lowest BCUT2D eigenvalue weighted by molar-refractivity contribution is -0.412. The van der Waals surface area contributed by atoms with Gasteiger partial charge in [0, 0.05) is 5.41 Å². The molecule has 0 atom stereocenters. The van der Waals surface area contributed by atoms with Crippen molar-refractivity contribution in [1.29, 1.82) is 0 Å². The van der Waals surface area contributed by atoms with Crippen molar-refractivity contribution in [2.75, 3.05) is 0 Å². The van der Waals surface area contributed by atoms with Crippen LogP contribution in [-0.4, -0.2) is 23.1 Å². The minimum absolute atomic E-state index is 0.823. The molecule has 0 aromatic carbocycles. The Morgan fingerprint density at radius 1 is 0.722 bits per heavy atom. The highest BCUT2D eigenvalue weighted by molar-refractivity contribution is 5.08. The van der Waals surface area contributed by atoms with Crippen LogP contribution < -0.4 is 0 Å². The predicted octanol–water partition coefficient (Wildman–Crippen LogP) is 4.16. The number of hydrogen-bond donors (Lipinski definition) is 1. The minimum atomic E-state index is -5.78. The molecule has 1 N–H and O–H groups in total. The lowest BCUT2D eigenvalue weighted by Crippen LogP contribution is -2.69. The molecule has 0 aromatic rings. The quantitative estimate of drug-likeness (QED) is 0.770. The van der Waals surface area contributed by atoms with Crippen LogP contribution in [0.15, 0.2) is 0 Å². The monoisotopic (exact) mass is 280 g/mol. The third-order valence-corrected chi connectivity index (χ3v) is 4.00. The second-order valence-electron chi connectivity index (χ2n) is 5.30. The number of aliphatic hydroxyl groups is 1. The molecule has 18 heavy (non-hydrogen) atoms. The maximum absolute atomic E-state index is 12.8. The topological polar surface area (TPSA) is 20.2 Å². The Kier molecular flexibility index (Phi) is 4.46. The van der Waals surface area contributed by atoms with Crippen molar-refractivity contribution in [3.63, 3.8) is 0 Å². The molecule has 0 heterocycles. The summed E-state index contributed by atoms with van der Waals surface area (Å²) in [7, 11) is 0. The van der Waals surface area contributed by atoms with E-state index in [2.05, 4.69) is 0 Å². The molecule has 0 saturated heterocycles. The number of rotatable bonds is 3. The summed E-state index contributed by atoms with van der Waals surface area (Å²) in [5, 5.41) is 9.49. The number of hydrogen-bond acceptors (Lipinski definition) is 1. The summed E-state index contributed by atoms with van der Waals surface area (Å²) >= 11 is 0. The summed E-state index contributed by atoms with van der Waals surface area (Å²) in [6.07, 6.45) is -11.6. The van der Waals surface area contributed by atoms with E-state index in [0.29, 0.717) is 0 Å². The maximum atomic E-state index is 12.8. The first kappa shape index (κ1) is 17.5. The van der Waals surface area contributed by atoms with Crippen LogP contribution >= 0.6 is 0 Å². The van der Waals surface area contributed by atoms with Gasteiger partial charge in [-0.05, 0) is 11.8 Å². The number of halogens is 6. The van der Waals surface area contributed by atoms with Crippen LogP contribution in [0.3, 0.4) is 0 Å². The minimum Gasteiger partial charge on any atom is -0.373 e. The number of alkyl halides is 6. The molecule has 0 unspecified atom stereocenters. The average Bonchev–Trinajstić information content (AvgIpc) is 2.10. The normalized spacial score (nSPS) is 15.7. The van der Waals surface area contributed by atoms with E-state index >= 15 is 0 Å². The van der Waals surface area contributed by atoms with Crippen molar-refractivity contribution in [1.82, 2.24) is 0 Å². The molecular weight excluding hydrogens is 262 g/mol. The van der Waals surface area contributed by atoms with Gasteiger partial charge < -0.3 is 5.11 Å². The van der Waals surface area contributed by atoms with Crippen LogP contribution in [0.4, 0.5) is 26.3 Å². The zero-order valence-electron chi connectivity index (χ0n) is 10.9. The Morgan fingerprint density at radius 2 is 0.944 bits per heavy atom. The second-order valence-corrected chi connectivity index (χ2v) is 5.30. The van der Waals surface area contributed by atoms with Crippen molar-refractivity contribution >= 4 is 0 Å². The molecule has 0 aromatic heterocycles. The molecule has 0 aliphatic rings. The standard InChI is InChI=1S/C11H18F6O/c1-6(2)8(5,7(3)4)9(18,10(12,13)14)11(15,16)17/h6-7,18H,1-5H3. The Labute approximate surface area is 102 Å². The van der Waals surface area contributed by atoms with Gasteiger partial charge in [-0.25, -0.2) is 0 Å². The first-order valence-electron chi connectivity index (χ1n) is 5.49. The van der Waals surface area contributed by atoms with E-state index in [1.807, 2.05) is 0 Å². The first-order valence-corrected chi connectivity index (χ1v) is 5.49. The fraction of sp³-hybridized carbons (Fsp3) is 1.00. The Morgan fingerprint density at radius 3 is 1.00 bits per heavy atom. The highest BCUT2D eigenvalue weighted by Crippen LogP contribution is 2.58. The third-order valence-electron chi connectivity index (χ3n) is 4.00. The van der Waals surface area contributed by atoms with Gasteiger partial charge in [-0.15, -0.1) is 0 Å². The fourth-order valence-corrected chi connectivity index (χ4v) is 2.27. The predicted molar refractivity (Wildman–Crippen MR) is 54.8 cm³/mol. The lowest BCUT2D eigenvalue weighted by atomic mass is 9.59. The molecule has 0 aliphatic carbocycles. The van der Waals surface area contributed by atoms with Crippen molar-refractivity contribution in [2.45, 2.75) is 52.6 Å². The summed E-state index contributed by atoms with van der Waals surface area (Å²) in [5.41, 5.74) is -7.10. The molecule has 0 aliphatic heterocycles. The van der Waals surface area contributed by atoms with E-state index in [0.717, 1.165) is 6.92 Å². The SMILES string of the molecule is CC(C)C(C)(C(C)C)C(O)(C(F)(F)F)C(F)(F)F. The van der Waals surface area contributed by atoms with Gasteiger partial charge >= 0.3 is 12.4 Å². The van der Waals surface area contributed by atoms with Gasteiger partial charge in [0.1, 0.15) is 0 Å². The van der Waals surface area contributed by atoms with E-state index in [-0.39, 0.29) is 0 Å². The summed E-state index contributed by atoms with van der Waals surface area (Å²) in [5.74, 6) is -2.02. The van der Waals surface area contributed by atoms with Crippen LogP contribution in [0.5, 0.6) is 0 Å². The molecule has 7 heteroatoms. The molecule has 0 spiro atoms. The summed E-state index contributed by atoms with van der Waals surface area (Å²) in [6, 6.07) is 0. The fourth-order valence-electron chi connectivity index (χ4n) is 2.27. The lowest BCUT2D eigenvalue weighted by Gasteiger charge is -2.51. The Hall–Kier alpha value is -0.460. The zero-order valence-corrected chi connectivity index (χ0v) is 10.9. The molecule has 0 saturated carbocycles. The van der Waals surface area contributed by atoms with Crippen molar-refractivity contribution < 1.29 is 31.4 Å². The Balaban J connectivity index is 6.20. The second kappa shape index (κ2) is 4.58. The van der Waals surface area contributed by atoms with E-state index < -0.39 is 35.2 Å². The van der Waals surface area contributed by atoms with Gasteiger partial charge in [-0.1, -0.05) is 34.6 Å². The Bertz CT molecular complexity index is 267. The molecule has 1 nitrogen and oxygen atoms in total. The van der Waals surface area contributed by atoms with Crippen LogP contribution in [0.2, 0.25) is 0 Å². The van der Waals surface area contributed by atoms with Gasteiger partial charge in [0.25, 0.3) is 5.60 Å². The van der Waals surface area contributed by atoms with Crippen LogP contribution in [0, 0.1) is 17.3 Å². The molecule has 0 bridgehead atoms. The smallest absolute Gasteiger partial charge is 0.373 e. The summed E-state index contributed by atoms with van der Waals surface area (Å²) in [4.78, 5) is 0. The maximum Gasteiger partial charge on any atom is 0.426 e. The van der Waals surface area contributed by atoms with Crippen molar-refractivity contribution in [3.05, 3.63) is 0 Å². The van der Waals surface area contributed by atoms with Gasteiger partial charge in [-0.3, -0.25) is 0 Å². The molecule has 110 valence electrons. The molecule has 0 fully saturated rings. The van der Waals surface area contributed by atoms with Crippen molar-refractivity contribution in [3.8, 4) is 0 Å². The van der Waals surface area contributed by atoms with Gasteiger partial charge in [-0.2, -0.15) is 26.3 Å². The summed E-state index contributed by atoms with van der Waals surface area (Å²) in [6.45, 7) is 5.78. The van der Waals surface area contributed by atoms with Crippen molar-refractivity contribution in [2.24, 2.45) is 17.3 Å². The third kappa shape index (κ3) is 2.21. The molecule has 0 rings (SSSR count). The highest BCUT2D eigenvalue weighted by Gasteiger charge is 2.78. The average molecular weight is 280 g/mol. The van der Waals surface area contributed by atoms with Crippen LogP contribution in [-0.2, 0) is 0 Å². The van der Waals surface area contributed by atoms with E-state index in [9.17, 15) is 31.4 Å². The molecular formula is C11H18F6O. The van der Waals surface area contributed by atoms with Crippen LogP contribution in [0.25, 0.3) is 0 Å². The molecule has 0 amide bonds. The first-order chi connectivity index (χ1) is 7.64. The van der Waals surface area contributed by atoms with E-state index in [4.69, 9.17) is 0 Å². The van der Waals surface area contributed by atoms with E-state index in [1.165, 1.54) is 27.7 Å². The van der Waals surface area contributed by atoms with Crippen LogP contribution in [0.1, 0.15) is 34.6 Å². The highest BCUT2D eigenvalue weighted by atomic mass is 19.4.